The summed E-state index contributed by atoms with van der Waals surface area (Å²) in [6, 6.07) is 4.06. The van der Waals surface area contributed by atoms with E-state index in [0.717, 1.165) is 0 Å². The highest BCUT2D eigenvalue weighted by molar-refractivity contribution is 14.1. The van der Waals surface area contributed by atoms with Crippen molar-refractivity contribution in [1.29, 1.82) is 0 Å². The van der Waals surface area contributed by atoms with Crippen LogP contribution in [0.2, 0.25) is 0 Å². The third-order valence-electron chi connectivity index (χ3n) is 1.57. The molecule has 7 heteroatoms. The van der Waals surface area contributed by atoms with Crippen LogP contribution >= 0.6 is 33.3 Å². The van der Waals surface area contributed by atoms with Gasteiger partial charge in [0.1, 0.15) is 0 Å². The molecular weight excluding hydrogens is 355 g/mol. The number of esters is 1. The van der Waals surface area contributed by atoms with Crippen LogP contribution in [0, 0.1) is 3.57 Å². The van der Waals surface area contributed by atoms with Crippen molar-refractivity contribution in [3.8, 4) is 0 Å². The molecule has 1 aromatic rings. The lowest BCUT2D eigenvalue weighted by atomic mass is 10.2. The van der Waals surface area contributed by atoms with Gasteiger partial charge in [-0.3, -0.25) is 0 Å². The quantitative estimate of drug-likeness (QED) is 0.460. The molecule has 0 bridgehead atoms. The Hall–Kier alpha value is -0.340. The Bertz CT molecular complexity index is 497. The van der Waals surface area contributed by atoms with E-state index in [9.17, 15) is 13.2 Å². The summed E-state index contributed by atoms with van der Waals surface area (Å²) in [5.74, 6) is -0.602. The number of carbonyl (C=O) groups is 1. The number of ether oxygens (including phenoxy) is 1. The van der Waals surface area contributed by atoms with Gasteiger partial charge in [-0.2, -0.15) is 0 Å². The lowest BCUT2D eigenvalue weighted by Crippen LogP contribution is -2.03. The molecule has 0 fully saturated rings. The fraction of sp³-hybridized carbons (Fsp3) is 0.125. The van der Waals surface area contributed by atoms with Crippen LogP contribution in [-0.4, -0.2) is 21.5 Å². The van der Waals surface area contributed by atoms with E-state index in [2.05, 4.69) is 4.74 Å². The van der Waals surface area contributed by atoms with Gasteiger partial charge in [-0.1, -0.05) is 0 Å². The first-order chi connectivity index (χ1) is 6.84. The van der Waals surface area contributed by atoms with Gasteiger partial charge in [0, 0.05) is 14.3 Å². The van der Waals surface area contributed by atoms with Gasteiger partial charge in [0.2, 0.25) is 0 Å². The molecule has 0 saturated carbocycles. The maximum absolute atomic E-state index is 11.2. The molecule has 1 rings (SSSR count). The van der Waals surface area contributed by atoms with Gasteiger partial charge in [-0.15, -0.1) is 0 Å². The molecule has 0 saturated heterocycles. The minimum atomic E-state index is -3.83. The summed E-state index contributed by atoms with van der Waals surface area (Å²) in [6.45, 7) is 0. The summed E-state index contributed by atoms with van der Waals surface area (Å²) in [6.07, 6.45) is 0. The van der Waals surface area contributed by atoms with Crippen molar-refractivity contribution >= 4 is 48.3 Å². The summed E-state index contributed by atoms with van der Waals surface area (Å²) in [7, 11) is 2.56. The van der Waals surface area contributed by atoms with Gasteiger partial charge in [0.25, 0.3) is 9.05 Å². The van der Waals surface area contributed by atoms with Gasteiger partial charge in [0.15, 0.2) is 0 Å². The first-order valence-electron chi connectivity index (χ1n) is 3.68. The average Bonchev–Trinajstić information content (AvgIpc) is 2.14. The molecule has 15 heavy (non-hydrogen) atoms. The first kappa shape index (κ1) is 12.7. The summed E-state index contributed by atoms with van der Waals surface area (Å²) >= 11 is 1.89. The van der Waals surface area contributed by atoms with Crippen molar-refractivity contribution in [3.05, 3.63) is 27.3 Å². The molecule has 0 aliphatic carbocycles. The molecule has 0 unspecified atom stereocenters. The number of hydrogen-bond donors (Lipinski definition) is 0. The first-order valence-corrected chi connectivity index (χ1v) is 7.07. The molecule has 0 heterocycles. The highest BCUT2D eigenvalue weighted by Gasteiger charge is 2.15. The maximum atomic E-state index is 11.2. The second kappa shape index (κ2) is 4.67. The van der Waals surface area contributed by atoms with E-state index in [1.807, 2.05) is 22.6 Å². The molecule has 4 nitrogen and oxygen atoms in total. The maximum Gasteiger partial charge on any atom is 0.337 e. The van der Waals surface area contributed by atoms with Crippen molar-refractivity contribution in [3.63, 3.8) is 0 Å². The van der Waals surface area contributed by atoms with Crippen molar-refractivity contribution in [2.75, 3.05) is 7.11 Å². The van der Waals surface area contributed by atoms with E-state index >= 15 is 0 Å². The molecule has 0 spiro atoms. The van der Waals surface area contributed by atoms with Crippen LogP contribution in [0.3, 0.4) is 0 Å². The van der Waals surface area contributed by atoms with Crippen molar-refractivity contribution in [2.45, 2.75) is 4.90 Å². The number of halogens is 2. The molecule has 0 amide bonds. The van der Waals surface area contributed by atoms with E-state index in [1.165, 1.54) is 25.3 Å². The number of carbonyl (C=O) groups excluding carboxylic acids is 1. The van der Waals surface area contributed by atoms with Crippen LogP contribution in [0.1, 0.15) is 10.4 Å². The van der Waals surface area contributed by atoms with Gasteiger partial charge in [-0.25, -0.2) is 13.2 Å². The van der Waals surface area contributed by atoms with Crippen LogP contribution in [0.5, 0.6) is 0 Å². The number of hydrogen-bond acceptors (Lipinski definition) is 4. The average molecular weight is 361 g/mol. The van der Waals surface area contributed by atoms with Crippen LogP contribution < -0.4 is 0 Å². The second-order valence-electron chi connectivity index (χ2n) is 2.61. The van der Waals surface area contributed by atoms with Crippen molar-refractivity contribution < 1.29 is 17.9 Å². The van der Waals surface area contributed by atoms with E-state index in [-0.39, 0.29) is 10.5 Å². The largest absolute Gasteiger partial charge is 0.465 e. The third kappa shape index (κ3) is 3.32. The Morgan fingerprint density at radius 2 is 2.00 bits per heavy atom. The van der Waals surface area contributed by atoms with Gasteiger partial charge in [-0.05, 0) is 40.8 Å². The lowest BCUT2D eigenvalue weighted by molar-refractivity contribution is 0.0600. The van der Waals surface area contributed by atoms with Crippen LogP contribution in [-0.2, 0) is 13.8 Å². The molecule has 0 aliphatic rings. The monoisotopic (exact) mass is 360 g/mol. The number of methoxy groups -OCH3 is 1. The molecule has 0 N–H and O–H groups in total. The summed E-state index contributed by atoms with van der Waals surface area (Å²) in [5.41, 5.74) is 0.156. The fourth-order valence-corrected chi connectivity index (χ4v) is 2.62. The fourth-order valence-electron chi connectivity index (χ4n) is 0.939. The Morgan fingerprint density at radius 1 is 1.40 bits per heavy atom. The summed E-state index contributed by atoms with van der Waals surface area (Å²) in [4.78, 5) is 11.1. The van der Waals surface area contributed by atoms with Crippen LogP contribution in [0.4, 0.5) is 0 Å². The lowest BCUT2D eigenvalue weighted by Gasteiger charge is -2.02. The smallest absolute Gasteiger partial charge is 0.337 e. The van der Waals surface area contributed by atoms with Gasteiger partial charge >= 0.3 is 5.97 Å². The van der Waals surface area contributed by atoms with E-state index in [0.29, 0.717) is 3.57 Å². The van der Waals surface area contributed by atoms with Crippen molar-refractivity contribution in [1.82, 2.24) is 0 Å². The minimum Gasteiger partial charge on any atom is -0.465 e. The summed E-state index contributed by atoms with van der Waals surface area (Å²) in [5, 5.41) is 0. The molecular formula is C8H6ClIO4S. The SMILES string of the molecule is COC(=O)c1cc(I)cc(S(=O)(=O)Cl)c1. The Balaban J connectivity index is 3.35. The molecule has 82 valence electrons. The molecule has 0 aromatic heterocycles. The zero-order valence-corrected chi connectivity index (χ0v) is 11.3. The van der Waals surface area contributed by atoms with Crippen LogP contribution in [0.25, 0.3) is 0 Å². The predicted octanol–water partition coefficient (Wildman–Crippen LogP) is 2.01. The molecule has 0 atom stereocenters. The Morgan fingerprint density at radius 3 is 2.47 bits per heavy atom. The molecule has 0 aliphatic heterocycles. The zero-order chi connectivity index (χ0) is 11.6. The molecule has 1 aromatic carbocycles. The highest BCUT2D eigenvalue weighted by atomic mass is 127. The van der Waals surface area contributed by atoms with Gasteiger partial charge in [0.05, 0.1) is 17.6 Å². The normalized spacial score (nSPS) is 11.1. The Labute approximate surface area is 105 Å². The molecule has 0 radical (unpaired) electrons. The van der Waals surface area contributed by atoms with Crippen molar-refractivity contribution in [2.24, 2.45) is 0 Å². The van der Waals surface area contributed by atoms with Crippen LogP contribution in [0.15, 0.2) is 23.1 Å². The topological polar surface area (TPSA) is 60.4 Å². The highest BCUT2D eigenvalue weighted by Crippen LogP contribution is 2.20. The Kier molecular flexibility index (Phi) is 3.96. The van der Waals surface area contributed by atoms with E-state index < -0.39 is 15.0 Å². The van der Waals surface area contributed by atoms with E-state index in [1.54, 1.807) is 0 Å². The van der Waals surface area contributed by atoms with Gasteiger partial charge < -0.3 is 4.74 Å². The minimum absolute atomic E-state index is 0.114. The number of benzene rings is 1. The third-order valence-corrected chi connectivity index (χ3v) is 3.53. The standard InChI is InChI=1S/C8H6ClIO4S/c1-14-8(11)5-2-6(10)4-7(3-5)15(9,12)13/h2-4H,1H3. The second-order valence-corrected chi connectivity index (χ2v) is 6.42. The zero-order valence-electron chi connectivity index (χ0n) is 7.53. The predicted molar refractivity (Wildman–Crippen MR) is 63.5 cm³/mol. The summed E-state index contributed by atoms with van der Waals surface area (Å²) < 4.78 is 27.2. The van der Waals surface area contributed by atoms with E-state index in [4.69, 9.17) is 10.7 Å². The number of rotatable bonds is 2.